The van der Waals surface area contributed by atoms with Gasteiger partial charge in [0.2, 0.25) is 0 Å². The van der Waals surface area contributed by atoms with Gasteiger partial charge in [-0.2, -0.15) is 13.6 Å². The molecule has 0 aromatic heterocycles. The van der Waals surface area contributed by atoms with E-state index in [9.17, 15) is 8.42 Å². The summed E-state index contributed by atoms with van der Waals surface area (Å²) in [4.78, 5) is 0. The van der Waals surface area contributed by atoms with Crippen LogP contribution in [0.1, 0.15) is 1.43 Å². The third-order valence-corrected chi connectivity index (χ3v) is 2.37. The minimum Gasteiger partial charge on any atom is -1.00 e. The predicted molar refractivity (Wildman–Crippen MR) is 58.8 cm³/mol. The zero-order valence-corrected chi connectivity index (χ0v) is 11.6. The van der Waals surface area contributed by atoms with E-state index in [4.69, 9.17) is 5.14 Å². The van der Waals surface area contributed by atoms with Gasteiger partial charge in [-0.25, -0.2) is 0 Å². The summed E-state index contributed by atoms with van der Waals surface area (Å²) in [5.41, 5.74) is 0. The van der Waals surface area contributed by atoms with Crippen molar-refractivity contribution < 1.29 is 43.6 Å². The number of rotatable bonds is 2. The Balaban J connectivity index is 0.00000128. The molecule has 2 aromatic carbocycles. The number of fused-ring (bicyclic) bond motifs is 1. The van der Waals surface area contributed by atoms with Crippen LogP contribution in [0.3, 0.4) is 0 Å². The summed E-state index contributed by atoms with van der Waals surface area (Å²) in [6.45, 7) is 0. The average molecular weight is 247 g/mol. The van der Waals surface area contributed by atoms with Gasteiger partial charge in [-0.1, -0.05) is 36.4 Å². The van der Waals surface area contributed by atoms with Crippen LogP contribution in [0.4, 0.5) is 0 Å². The molecule has 0 radical (unpaired) electrons. The zero-order chi connectivity index (χ0) is 10.9. The Kier molecular flexibility index (Phi) is 4.35. The normalized spacial score (nSPS) is 10.8. The van der Waals surface area contributed by atoms with Gasteiger partial charge in [0.05, 0.1) is 0 Å². The van der Waals surface area contributed by atoms with Crippen LogP contribution in [-0.4, -0.2) is 8.42 Å². The van der Waals surface area contributed by atoms with E-state index in [1.54, 1.807) is 24.3 Å². The van der Waals surface area contributed by atoms with Gasteiger partial charge in [-0.15, -0.1) is 0 Å². The second kappa shape index (κ2) is 5.16. The second-order valence-corrected chi connectivity index (χ2v) is 4.21. The molecule has 0 bridgehead atoms. The van der Waals surface area contributed by atoms with Crippen molar-refractivity contribution in [3.05, 3.63) is 42.5 Å². The molecule has 2 N–H and O–H groups in total. The van der Waals surface area contributed by atoms with Crippen molar-refractivity contribution in [2.75, 3.05) is 0 Å². The quantitative estimate of drug-likeness (QED) is 0.659. The van der Waals surface area contributed by atoms with E-state index in [1.165, 1.54) is 0 Å². The van der Waals surface area contributed by atoms with E-state index in [1.807, 2.05) is 18.2 Å². The number of hydrogen-bond donors (Lipinski definition) is 1. The van der Waals surface area contributed by atoms with E-state index in [-0.39, 0.29) is 36.7 Å². The Hall–Kier alpha value is -0.590. The number of nitrogens with two attached hydrogens (primary N) is 1. The molecular formula is C10H10NNaO3S. The van der Waals surface area contributed by atoms with Crippen molar-refractivity contribution in [1.29, 1.82) is 0 Å². The van der Waals surface area contributed by atoms with Crippen LogP contribution in [0.15, 0.2) is 42.5 Å². The molecule has 0 aliphatic rings. The Morgan fingerprint density at radius 2 is 1.69 bits per heavy atom. The molecule has 0 spiro atoms. The van der Waals surface area contributed by atoms with Crippen LogP contribution in [0.25, 0.3) is 10.8 Å². The van der Waals surface area contributed by atoms with Crippen LogP contribution in [-0.2, 0) is 10.3 Å². The van der Waals surface area contributed by atoms with Crippen molar-refractivity contribution >= 4 is 21.1 Å². The maximum atomic E-state index is 10.8. The van der Waals surface area contributed by atoms with Gasteiger partial charge in [0.15, 0.2) is 5.75 Å². The Morgan fingerprint density at radius 1 is 1.06 bits per heavy atom. The molecule has 0 amide bonds. The van der Waals surface area contributed by atoms with E-state index in [0.717, 1.165) is 5.39 Å². The first-order chi connectivity index (χ1) is 7.06. The van der Waals surface area contributed by atoms with Crippen LogP contribution in [0.5, 0.6) is 5.75 Å². The van der Waals surface area contributed by atoms with Crippen molar-refractivity contribution in [1.82, 2.24) is 0 Å². The van der Waals surface area contributed by atoms with Gasteiger partial charge >= 0.3 is 39.9 Å². The van der Waals surface area contributed by atoms with Gasteiger partial charge in [-0.05, 0) is 11.5 Å². The Bertz CT molecular complexity index is 598. The van der Waals surface area contributed by atoms with Gasteiger partial charge in [0, 0.05) is 5.39 Å². The molecule has 0 unspecified atom stereocenters. The molecular weight excluding hydrogens is 237 g/mol. The molecule has 2 rings (SSSR count). The third kappa shape index (κ3) is 3.20. The largest absolute Gasteiger partial charge is 1.00 e. The molecule has 6 heteroatoms. The molecule has 16 heavy (non-hydrogen) atoms. The summed E-state index contributed by atoms with van der Waals surface area (Å²) in [6, 6.07) is 12.4. The summed E-state index contributed by atoms with van der Waals surface area (Å²) in [5.74, 6) is 0.246. The van der Waals surface area contributed by atoms with Gasteiger partial charge < -0.3 is 5.61 Å². The molecule has 80 valence electrons. The fourth-order valence-electron chi connectivity index (χ4n) is 1.39. The summed E-state index contributed by atoms with van der Waals surface area (Å²) in [7, 11) is -3.97. The minimum atomic E-state index is -3.97. The topological polar surface area (TPSA) is 69.4 Å². The third-order valence-electron chi connectivity index (χ3n) is 1.96. The van der Waals surface area contributed by atoms with Crippen LogP contribution < -0.4 is 38.9 Å². The summed E-state index contributed by atoms with van der Waals surface area (Å²) >= 11 is 0. The van der Waals surface area contributed by atoms with Crippen molar-refractivity contribution in [2.24, 2.45) is 5.14 Å². The molecule has 0 fully saturated rings. The monoisotopic (exact) mass is 247 g/mol. The molecule has 0 saturated heterocycles. The summed E-state index contributed by atoms with van der Waals surface area (Å²) in [5, 5.41) is 6.43. The molecule has 0 atom stereocenters. The SMILES string of the molecule is NS(=O)(=O)Oc1cccc2ccccc12.[H-].[Na+]. The molecule has 0 heterocycles. The van der Waals surface area contributed by atoms with Gasteiger partial charge in [-0.3, -0.25) is 0 Å². The molecule has 2 aromatic rings. The van der Waals surface area contributed by atoms with Crippen molar-refractivity contribution in [2.45, 2.75) is 0 Å². The van der Waals surface area contributed by atoms with Gasteiger partial charge in [0.1, 0.15) is 0 Å². The predicted octanol–water partition coefficient (Wildman–Crippen LogP) is -1.46. The fraction of sp³-hybridized carbons (Fsp3) is 0. The average Bonchev–Trinajstić information content (AvgIpc) is 2.16. The molecule has 0 aliphatic carbocycles. The first-order valence-electron chi connectivity index (χ1n) is 4.26. The van der Waals surface area contributed by atoms with Crippen LogP contribution >= 0.6 is 0 Å². The van der Waals surface area contributed by atoms with Crippen LogP contribution in [0.2, 0.25) is 0 Å². The second-order valence-electron chi connectivity index (χ2n) is 3.05. The Morgan fingerprint density at radius 3 is 2.38 bits per heavy atom. The number of benzene rings is 2. The van der Waals surface area contributed by atoms with Gasteiger partial charge in [0.25, 0.3) is 0 Å². The van der Waals surface area contributed by atoms with E-state index in [0.29, 0.717) is 5.39 Å². The molecule has 0 saturated carbocycles. The first kappa shape index (κ1) is 13.5. The maximum Gasteiger partial charge on any atom is 1.00 e. The van der Waals surface area contributed by atoms with Crippen molar-refractivity contribution in [3.63, 3.8) is 0 Å². The number of hydrogen-bond acceptors (Lipinski definition) is 3. The first-order valence-corrected chi connectivity index (χ1v) is 5.73. The standard InChI is InChI=1S/C10H9NO3S.Na.H/c11-15(12,13)14-10-7-3-5-8-4-1-2-6-9(8)10;;/h1-7H,(H2,11,12,13);;/q;+1;-1. The molecule has 4 nitrogen and oxygen atoms in total. The van der Waals surface area contributed by atoms with E-state index in [2.05, 4.69) is 4.18 Å². The summed E-state index contributed by atoms with van der Waals surface area (Å²) < 4.78 is 26.3. The van der Waals surface area contributed by atoms with E-state index >= 15 is 0 Å². The molecule has 0 aliphatic heterocycles. The summed E-state index contributed by atoms with van der Waals surface area (Å²) in [6.07, 6.45) is 0. The minimum absolute atomic E-state index is 0. The maximum absolute atomic E-state index is 10.8. The smallest absolute Gasteiger partial charge is 1.00 e. The van der Waals surface area contributed by atoms with Crippen LogP contribution in [0, 0.1) is 0 Å². The van der Waals surface area contributed by atoms with E-state index < -0.39 is 10.3 Å². The Labute approximate surface area is 117 Å². The fourth-order valence-corrected chi connectivity index (χ4v) is 1.79. The van der Waals surface area contributed by atoms with Crippen molar-refractivity contribution in [3.8, 4) is 5.75 Å². The zero-order valence-electron chi connectivity index (χ0n) is 9.75.